The molecule has 3 aromatic carbocycles. The van der Waals surface area contributed by atoms with Gasteiger partial charge in [-0.15, -0.1) is 0 Å². The fraction of sp³-hybridized carbons (Fsp3) is 0.323. The molecule has 0 radical (unpaired) electrons. The van der Waals surface area contributed by atoms with Crippen LogP contribution < -0.4 is 10.6 Å². The number of aryl methyl sites for hydroxylation is 1. The monoisotopic (exact) mass is 719 g/mol. The van der Waals surface area contributed by atoms with E-state index < -0.39 is 26.2 Å². The number of benzene rings is 3. The molecule has 1 heterocycles. The molecule has 1 aliphatic heterocycles. The van der Waals surface area contributed by atoms with E-state index in [1.807, 2.05) is 48.5 Å². The Labute approximate surface area is 251 Å². The van der Waals surface area contributed by atoms with Crippen molar-refractivity contribution in [3.05, 3.63) is 82.3 Å². The zero-order valence-electron chi connectivity index (χ0n) is 22.8. The van der Waals surface area contributed by atoms with E-state index in [1.165, 1.54) is 0 Å². The Morgan fingerprint density at radius 2 is 1.85 bits per heavy atom. The number of aldehydes is 1. The number of anilines is 2. The van der Waals surface area contributed by atoms with Crippen LogP contribution in [0.4, 0.5) is 16.2 Å². The van der Waals surface area contributed by atoms with Gasteiger partial charge < -0.3 is 5.32 Å². The van der Waals surface area contributed by atoms with Crippen molar-refractivity contribution in [2.75, 3.05) is 33.6 Å². The number of rotatable bonds is 10. The molecule has 0 aromatic heterocycles. The van der Waals surface area contributed by atoms with Crippen molar-refractivity contribution in [3.63, 3.8) is 0 Å². The summed E-state index contributed by atoms with van der Waals surface area (Å²) in [6.45, 7) is 1.91. The van der Waals surface area contributed by atoms with Gasteiger partial charge in [-0.05, 0) is 34.1 Å². The van der Waals surface area contributed by atoms with Crippen LogP contribution in [0.1, 0.15) is 41.6 Å². The first-order valence-electron chi connectivity index (χ1n) is 13.3. The summed E-state index contributed by atoms with van der Waals surface area (Å²) in [5, 5.41) is 5.90. The number of ether oxygens (including phenoxy) is 1. The number of amides is 2. The van der Waals surface area contributed by atoms with Crippen LogP contribution in [-0.4, -0.2) is 50.5 Å². The van der Waals surface area contributed by atoms with Crippen molar-refractivity contribution in [2.45, 2.75) is 38.2 Å². The SMILES string of the molecule is CI(C)N1CCCC(OC(=O)Nc2cc(CCCC(=O)Nc3ccc(C=O)cc3Br)ccc2-c2ccccc2)C1. The third kappa shape index (κ3) is 8.62. The summed E-state index contributed by atoms with van der Waals surface area (Å²) < 4.78 is 9.02. The fourth-order valence-electron chi connectivity index (χ4n) is 4.68. The molecule has 0 bridgehead atoms. The molecule has 1 aliphatic rings. The van der Waals surface area contributed by atoms with Crippen LogP contribution >= 0.6 is 36.0 Å². The second kappa shape index (κ2) is 14.7. The van der Waals surface area contributed by atoms with Gasteiger partial charge in [0.15, 0.2) is 0 Å². The summed E-state index contributed by atoms with van der Waals surface area (Å²) in [5.41, 5.74) is 4.81. The summed E-state index contributed by atoms with van der Waals surface area (Å²) in [7, 11) is 0. The zero-order valence-corrected chi connectivity index (χ0v) is 26.5. The summed E-state index contributed by atoms with van der Waals surface area (Å²) in [4.78, 5) is 41.1. The molecule has 2 amide bonds. The van der Waals surface area contributed by atoms with Crippen LogP contribution in [0.3, 0.4) is 0 Å². The molecule has 40 heavy (non-hydrogen) atoms. The molecular formula is C31H35BrIN3O4. The predicted molar refractivity (Wildman–Crippen MR) is 174 cm³/mol. The number of piperidine rings is 1. The van der Waals surface area contributed by atoms with E-state index in [0.717, 1.165) is 48.9 Å². The molecule has 2 N–H and O–H groups in total. The van der Waals surface area contributed by atoms with Crippen molar-refractivity contribution < 1.29 is 19.1 Å². The summed E-state index contributed by atoms with van der Waals surface area (Å²) in [5.74, 6) is -0.103. The average molecular weight is 720 g/mol. The Balaban J connectivity index is 1.39. The molecule has 7 nitrogen and oxygen atoms in total. The van der Waals surface area contributed by atoms with Crippen molar-refractivity contribution in [1.29, 1.82) is 0 Å². The topological polar surface area (TPSA) is 87.7 Å². The van der Waals surface area contributed by atoms with Gasteiger partial charge in [0.1, 0.15) is 6.29 Å². The van der Waals surface area contributed by atoms with E-state index >= 15 is 0 Å². The Hall–Kier alpha value is -2.76. The molecule has 0 saturated carbocycles. The van der Waals surface area contributed by atoms with Crippen LogP contribution in [0.2, 0.25) is 0 Å². The Bertz CT molecular complexity index is 1340. The molecule has 4 rings (SSSR count). The molecular weight excluding hydrogens is 685 g/mol. The van der Waals surface area contributed by atoms with E-state index in [0.29, 0.717) is 40.7 Å². The standard InChI is InChI=1S/C31H35BrIN3O4/c1-33(2)36-17-7-11-25(20-36)40-31(39)35-29-19-22(13-15-26(29)24-9-4-3-5-10-24)8-6-12-30(38)34-28-16-14-23(21-37)18-27(28)32/h3-5,9-10,13-16,18-19,21,25H,6-8,11-12,17,20H2,1-2H3,(H,34,38)(H,35,39). The first-order valence-corrected chi connectivity index (χ1v) is 19.4. The summed E-state index contributed by atoms with van der Waals surface area (Å²) in [6.07, 6.45) is 3.83. The molecule has 1 unspecified atom stereocenters. The second-order valence-corrected chi connectivity index (χ2v) is 16.2. The van der Waals surface area contributed by atoms with Gasteiger partial charge in [0.25, 0.3) is 0 Å². The fourth-order valence-corrected chi connectivity index (χ4v) is 7.71. The first kappa shape index (κ1) is 30.2. The van der Waals surface area contributed by atoms with Gasteiger partial charge in [-0.3, -0.25) is 9.59 Å². The van der Waals surface area contributed by atoms with Crippen molar-refractivity contribution in [1.82, 2.24) is 3.11 Å². The van der Waals surface area contributed by atoms with E-state index in [4.69, 9.17) is 4.74 Å². The maximum absolute atomic E-state index is 13.0. The summed E-state index contributed by atoms with van der Waals surface area (Å²) in [6, 6.07) is 21.0. The van der Waals surface area contributed by atoms with E-state index in [2.05, 4.69) is 39.5 Å². The van der Waals surface area contributed by atoms with Crippen molar-refractivity contribution in [2.24, 2.45) is 0 Å². The van der Waals surface area contributed by atoms with Crippen LogP contribution in [0.25, 0.3) is 11.1 Å². The average Bonchev–Trinajstić information content (AvgIpc) is 2.95. The van der Waals surface area contributed by atoms with Gasteiger partial charge in [0, 0.05) is 10.0 Å². The molecule has 0 aliphatic carbocycles. The van der Waals surface area contributed by atoms with Gasteiger partial charge in [-0.25, -0.2) is 0 Å². The summed E-state index contributed by atoms with van der Waals surface area (Å²) >= 11 is 2.30. The van der Waals surface area contributed by atoms with Crippen LogP contribution in [-0.2, 0) is 16.0 Å². The molecule has 212 valence electrons. The Morgan fingerprint density at radius 1 is 1.05 bits per heavy atom. The number of alkyl halides is 2. The normalized spacial score (nSPS) is 15.7. The third-order valence-electron chi connectivity index (χ3n) is 6.76. The number of carbonyl (C=O) groups excluding carboxylic acids is 3. The van der Waals surface area contributed by atoms with Gasteiger partial charge in [0.2, 0.25) is 5.91 Å². The number of hydrogen-bond donors (Lipinski definition) is 2. The van der Waals surface area contributed by atoms with E-state index in [9.17, 15) is 14.4 Å². The van der Waals surface area contributed by atoms with E-state index in [1.54, 1.807) is 18.2 Å². The number of hydrogen-bond acceptors (Lipinski definition) is 5. The molecule has 9 heteroatoms. The molecule has 3 aromatic rings. The predicted octanol–water partition coefficient (Wildman–Crippen LogP) is 7.58. The van der Waals surface area contributed by atoms with E-state index in [-0.39, 0.29) is 12.0 Å². The Morgan fingerprint density at radius 3 is 2.58 bits per heavy atom. The minimum absolute atomic E-state index is 0.0926. The van der Waals surface area contributed by atoms with Crippen LogP contribution in [0.15, 0.2) is 71.2 Å². The molecule has 1 saturated heterocycles. The second-order valence-electron chi connectivity index (χ2n) is 9.88. The first-order chi connectivity index (χ1) is 19.3. The van der Waals surface area contributed by atoms with Crippen molar-refractivity contribution >= 4 is 65.7 Å². The van der Waals surface area contributed by atoms with Gasteiger partial charge >= 0.3 is 176 Å². The number of nitrogens with one attached hydrogen (secondary N) is 2. The minimum atomic E-state index is -1.10. The molecule has 1 fully saturated rings. The third-order valence-corrected chi connectivity index (χ3v) is 11.0. The quantitative estimate of drug-likeness (QED) is 0.0977. The van der Waals surface area contributed by atoms with Crippen molar-refractivity contribution in [3.8, 4) is 11.1 Å². The van der Waals surface area contributed by atoms with Gasteiger partial charge in [-0.2, -0.15) is 0 Å². The number of halogens is 2. The Kier molecular flexibility index (Phi) is 11.1. The van der Waals surface area contributed by atoms with Gasteiger partial charge in [0.05, 0.1) is 5.69 Å². The molecule has 0 spiro atoms. The molecule has 1 atom stereocenters. The maximum atomic E-state index is 13.0. The van der Waals surface area contributed by atoms with Gasteiger partial charge in [-0.1, -0.05) is 0 Å². The zero-order chi connectivity index (χ0) is 28.5. The number of carbonyl (C=O) groups is 3. The number of nitrogens with zero attached hydrogens (tertiary/aromatic N) is 1. The van der Waals surface area contributed by atoms with Crippen LogP contribution in [0, 0.1) is 0 Å². The van der Waals surface area contributed by atoms with Crippen LogP contribution in [0.5, 0.6) is 0 Å².